The van der Waals surface area contributed by atoms with Crippen LogP contribution in [0, 0.1) is 0 Å². The van der Waals surface area contributed by atoms with E-state index in [9.17, 15) is 18.0 Å². The second-order valence-corrected chi connectivity index (χ2v) is 7.80. The molecule has 0 aliphatic carbocycles. The number of hydrogen-bond acceptors (Lipinski definition) is 2. The van der Waals surface area contributed by atoms with Crippen LogP contribution < -0.4 is 5.43 Å². The Bertz CT molecular complexity index is 829. The van der Waals surface area contributed by atoms with E-state index < -0.39 is 12.2 Å². The molecule has 0 saturated carbocycles. The fraction of sp³-hybridized carbons (Fsp3) is 0.522. The minimum Gasteiger partial charge on any atom is -0.288 e. The summed E-state index contributed by atoms with van der Waals surface area (Å²) in [5.74, 6) is -0.369. The highest BCUT2D eigenvalue weighted by molar-refractivity contribution is 5.89. The third-order valence-corrected chi connectivity index (χ3v) is 5.59. The summed E-state index contributed by atoms with van der Waals surface area (Å²) in [6, 6.07) is 8.95. The molecule has 1 saturated heterocycles. The number of benzene rings is 2. The molecule has 2 aromatic carbocycles. The Kier molecular flexibility index (Phi) is 7.17. The zero-order chi connectivity index (χ0) is 20.9. The molecule has 158 valence electrons. The van der Waals surface area contributed by atoms with Crippen LogP contribution in [0.2, 0.25) is 0 Å². The highest BCUT2D eigenvalue weighted by atomic mass is 19.4. The van der Waals surface area contributed by atoms with Crippen molar-refractivity contribution in [1.82, 2.24) is 10.4 Å². The molecule has 1 aliphatic rings. The van der Waals surface area contributed by atoms with Gasteiger partial charge in [0.05, 0.1) is 0 Å². The van der Waals surface area contributed by atoms with Gasteiger partial charge in [-0.05, 0) is 34.7 Å². The van der Waals surface area contributed by atoms with Crippen molar-refractivity contribution >= 4 is 16.7 Å². The smallest absolute Gasteiger partial charge is 0.288 e. The summed E-state index contributed by atoms with van der Waals surface area (Å²) in [7, 11) is 0. The van der Waals surface area contributed by atoms with Crippen molar-refractivity contribution in [2.45, 2.75) is 70.5 Å². The highest BCUT2D eigenvalue weighted by Crippen LogP contribution is 2.41. The fourth-order valence-electron chi connectivity index (χ4n) is 4.19. The van der Waals surface area contributed by atoms with E-state index in [0.717, 1.165) is 41.6 Å². The third kappa shape index (κ3) is 5.30. The fourth-order valence-corrected chi connectivity index (χ4v) is 4.19. The van der Waals surface area contributed by atoms with Crippen molar-refractivity contribution in [2.24, 2.45) is 0 Å². The molecule has 3 rings (SSSR count). The van der Waals surface area contributed by atoms with Gasteiger partial charge in [-0.1, -0.05) is 75.4 Å². The van der Waals surface area contributed by atoms with Crippen LogP contribution in [0.4, 0.5) is 13.2 Å². The van der Waals surface area contributed by atoms with Crippen molar-refractivity contribution in [3.63, 3.8) is 0 Å². The maximum Gasteiger partial charge on any atom is 0.409 e. The number of fused-ring (bicyclic) bond motifs is 1. The summed E-state index contributed by atoms with van der Waals surface area (Å²) in [5, 5.41) is 2.52. The first-order valence-corrected chi connectivity index (χ1v) is 10.5. The van der Waals surface area contributed by atoms with Crippen molar-refractivity contribution in [2.75, 3.05) is 6.54 Å². The average Bonchev–Trinajstić information content (AvgIpc) is 3.09. The van der Waals surface area contributed by atoms with Gasteiger partial charge >= 0.3 is 6.18 Å². The van der Waals surface area contributed by atoms with E-state index in [2.05, 4.69) is 12.3 Å². The Hall–Kier alpha value is -2.08. The molecule has 1 atom stereocenters. The number of alkyl halides is 3. The van der Waals surface area contributed by atoms with Gasteiger partial charge in [-0.3, -0.25) is 10.2 Å². The number of halogens is 3. The van der Waals surface area contributed by atoms with E-state index in [1.54, 1.807) is 12.1 Å². The van der Waals surface area contributed by atoms with E-state index in [1.165, 1.54) is 19.3 Å². The quantitative estimate of drug-likeness (QED) is 0.512. The van der Waals surface area contributed by atoms with Gasteiger partial charge in [-0.25, -0.2) is 5.01 Å². The lowest BCUT2D eigenvalue weighted by atomic mass is 9.92. The molecular weight excluding hydrogens is 377 g/mol. The molecule has 1 heterocycles. The van der Waals surface area contributed by atoms with Gasteiger partial charge in [-0.15, -0.1) is 0 Å². The first-order valence-electron chi connectivity index (χ1n) is 10.5. The van der Waals surface area contributed by atoms with E-state index >= 15 is 0 Å². The molecule has 0 bridgehead atoms. The summed E-state index contributed by atoms with van der Waals surface area (Å²) in [4.78, 5) is 11.6. The normalized spacial score (nSPS) is 16.3. The van der Waals surface area contributed by atoms with Gasteiger partial charge in [-0.2, -0.15) is 13.2 Å². The molecule has 1 fully saturated rings. The maximum atomic E-state index is 14.1. The number of nitrogens with one attached hydrogen (secondary N) is 1. The zero-order valence-electron chi connectivity index (χ0n) is 16.9. The topological polar surface area (TPSA) is 32.3 Å². The molecule has 0 spiro atoms. The summed E-state index contributed by atoms with van der Waals surface area (Å²) in [6.45, 7) is 2.23. The summed E-state index contributed by atoms with van der Waals surface area (Å²) < 4.78 is 42.2. The Morgan fingerprint density at radius 3 is 2.38 bits per heavy atom. The molecule has 0 unspecified atom stereocenters. The van der Waals surface area contributed by atoms with E-state index in [0.29, 0.717) is 5.39 Å². The lowest BCUT2D eigenvalue weighted by molar-refractivity contribution is -0.190. The number of nitrogens with zero attached hydrogens (tertiary/aromatic N) is 1. The van der Waals surface area contributed by atoms with Crippen LogP contribution in [0.1, 0.15) is 69.0 Å². The maximum absolute atomic E-state index is 14.1. The Labute approximate surface area is 170 Å². The SMILES string of the molecule is CCCCCCCCc1cccc2cccc([C@H](N3CCC(=O)N3)C(F)(F)F)c12. The molecule has 0 radical (unpaired) electrons. The van der Waals surface area contributed by atoms with E-state index in [-0.39, 0.29) is 24.4 Å². The number of unbranched alkanes of at least 4 members (excludes halogenated alkanes) is 5. The predicted molar refractivity (Wildman–Crippen MR) is 109 cm³/mol. The van der Waals surface area contributed by atoms with Crippen LogP contribution >= 0.6 is 0 Å². The first kappa shape index (κ1) is 21.6. The molecule has 1 amide bonds. The lowest BCUT2D eigenvalue weighted by Crippen LogP contribution is -2.43. The summed E-state index contributed by atoms with van der Waals surface area (Å²) in [6.07, 6.45) is 3.21. The second kappa shape index (κ2) is 9.61. The van der Waals surface area contributed by atoms with Crippen molar-refractivity contribution in [3.05, 3.63) is 47.5 Å². The lowest BCUT2D eigenvalue weighted by Gasteiger charge is -2.30. The summed E-state index contributed by atoms with van der Waals surface area (Å²) >= 11 is 0. The van der Waals surface area contributed by atoms with Gasteiger partial charge in [0.25, 0.3) is 0 Å². The number of rotatable bonds is 9. The Morgan fingerprint density at radius 1 is 1.03 bits per heavy atom. The molecule has 3 nitrogen and oxygen atoms in total. The van der Waals surface area contributed by atoms with E-state index in [1.807, 2.05) is 24.3 Å². The standard InChI is InChI=1S/C23H29F3N2O/c1-2-3-4-5-6-7-10-17-11-8-12-18-13-9-14-19(21(17)18)22(23(24,25)26)28-16-15-20(29)27-28/h8-9,11-14,22H,2-7,10,15-16H2,1H3,(H,27,29)/t22-/m0/s1. The third-order valence-electron chi connectivity index (χ3n) is 5.59. The first-order chi connectivity index (χ1) is 13.9. The monoisotopic (exact) mass is 406 g/mol. The molecule has 6 heteroatoms. The van der Waals surface area contributed by atoms with Gasteiger partial charge in [0, 0.05) is 13.0 Å². The predicted octanol–water partition coefficient (Wildman–Crippen LogP) is 6.08. The number of aryl methyl sites for hydroxylation is 1. The van der Waals surface area contributed by atoms with Crippen molar-refractivity contribution < 1.29 is 18.0 Å². The number of carbonyl (C=O) groups excluding carboxylic acids is 1. The number of hydrogen-bond donors (Lipinski definition) is 1. The van der Waals surface area contributed by atoms with Gasteiger partial charge in [0.2, 0.25) is 5.91 Å². The highest BCUT2D eigenvalue weighted by Gasteiger charge is 2.47. The number of amides is 1. The minimum atomic E-state index is -4.49. The van der Waals surface area contributed by atoms with Crippen LogP contribution in [0.15, 0.2) is 36.4 Å². The minimum absolute atomic E-state index is 0.0546. The van der Waals surface area contributed by atoms with Crippen LogP contribution in [-0.4, -0.2) is 23.6 Å². The zero-order valence-corrected chi connectivity index (χ0v) is 16.9. The van der Waals surface area contributed by atoms with E-state index in [4.69, 9.17) is 0 Å². The average molecular weight is 406 g/mol. The molecule has 29 heavy (non-hydrogen) atoms. The molecule has 2 aromatic rings. The van der Waals surface area contributed by atoms with Gasteiger partial charge in [0.1, 0.15) is 0 Å². The number of hydrazine groups is 1. The molecule has 1 N–H and O–H groups in total. The van der Waals surface area contributed by atoms with Crippen LogP contribution in [0.5, 0.6) is 0 Å². The molecule has 1 aliphatic heterocycles. The largest absolute Gasteiger partial charge is 0.409 e. The van der Waals surface area contributed by atoms with Gasteiger partial charge < -0.3 is 0 Å². The molecule has 0 aromatic heterocycles. The van der Waals surface area contributed by atoms with Crippen LogP contribution in [0.25, 0.3) is 10.8 Å². The second-order valence-electron chi connectivity index (χ2n) is 7.80. The summed E-state index contributed by atoms with van der Waals surface area (Å²) in [5.41, 5.74) is 3.56. The van der Waals surface area contributed by atoms with Crippen LogP contribution in [0.3, 0.4) is 0 Å². The number of carbonyl (C=O) groups is 1. The Morgan fingerprint density at radius 2 is 1.72 bits per heavy atom. The Balaban J connectivity index is 1.91. The van der Waals surface area contributed by atoms with Crippen LogP contribution in [-0.2, 0) is 11.2 Å². The van der Waals surface area contributed by atoms with Crippen molar-refractivity contribution in [1.29, 1.82) is 0 Å². The molecular formula is C23H29F3N2O. The van der Waals surface area contributed by atoms with Crippen molar-refractivity contribution in [3.8, 4) is 0 Å². The van der Waals surface area contributed by atoms with Gasteiger partial charge in [0.15, 0.2) is 6.04 Å².